The number of rotatable bonds is 8. The van der Waals surface area contributed by atoms with Gasteiger partial charge in [0.05, 0.1) is 13.7 Å². The molecule has 5 heteroatoms. The van der Waals surface area contributed by atoms with E-state index in [1.165, 1.54) is 0 Å². The molecule has 0 unspecified atom stereocenters. The third-order valence-corrected chi connectivity index (χ3v) is 2.16. The van der Waals surface area contributed by atoms with Crippen LogP contribution in [0.5, 0.6) is 5.75 Å². The Morgan fingerprint density at radius 3 is 2.53 bits per heavy atom. The van der Waals surface area contributed by atoms with Crippen LogP contribution in [0, 0.1) is 0 Å². The first kappa shape index (κ1) is 13.9. The molecule has 1 aromatic rings. The molecule has 17 heavy (non-hydrogen) atoms. The van der Waals surface area contributed by atoms with Crippen LogP contribution in [-0.4, -0.2) is 33.3 Å². The SMILES string of the molecule is COc1ccc(CNCCOCC(F)F)cc1. The van der Waals surface area contributed by atoms with Crippen molar-refractivity contribution >= 4 is 0 Å². The van der Waals surface area contributed by atoms with Crippen molar-refractivity contribution in [1.82, 2.24) is 5.32 Å². The maximum absolute atomic E-state index is 11.7. The highest BCUT2D eigenvalue weighted by molar-refractivity contribution is 5.26. The van der Waals surface area contributed by atoms with E-state index in [1.54, 1.807) is 7.11 Å². The fourth-order valence-corrected chi connectivity index (χ4v) is 1.29. The fourth-order valence-electron chi connectivity index (χ4n) is 1.29. The molecule has 0 fully saturated rings. The highest BCUT2D eigenvalue weighted by Crippen LogP contribution is 2.10. The first-order valence-corrected chi connectivity index (χ1v) is 5.42. The molecule has 0 aliphatic carbocycles. The lowest BCUT2D eigenvalue weighted by Gasteiger charge is -2.06. The molecular formula is C12H17F2NO2. The van der Waals surface area contributed by atoms with Gasteiger partial charge in [0, 0.05) is 13.1 Å². The van der Waals surface area contributed by atoms with E-state index in [-0.39, 0.29) is 0 Å². The molecule has 0 saturated carbocycles. The van der Waals surface area contributed by atoms with Crippen LogP contribution in [0.15, 0.2) is 24.3 Å². The van der Waals surface area contributed by atoms with Gasteiger partial charge in [0.25, 0.3) is 6.43 Å². The van der Waals surface area contributed by atoms with Gasteiger partial charge in [-0.2, -0.15) is 0 Å². The molecule has 0 aliphatic rings. The zero-order valence-corrected chi connectivity index (χ0v) is 9.79. The van der Waals surface area contributed by atoms with Crippen molar-refractivity contribution in [1.29, 1.82) is 0 Å². The number of alkyl halides is 2. The van der Waals surface area contributed by atoms with Gasteiger partial charge in [-0.25, -0.2) is 8.78 Å². The molecule has 96 valence electrons. The summed E-state index contributed by atoms with van der Waals surface area (Å²) in [6.07, 6.45) is -2.39. The van der Waals surface area contributed by atoms with Gasteiger partial charge in [-0.05, 0) is 17.7 Å². The Kier molecular flexibility index (Phi) is 6.50. The van der Waals surface area contributed by atoms with Gasteiger partial charge in [0.1, 0.15) is 12.4 Å². The minimum atomic E-state index is -2.39. The second-order valence-corrected chi connectivity index (χ2v) is 3.49. The molecule has 0 saturated heterocycles. The average molecular weight is 245 g/mol. The smallest absolute Gasteiger partial charge is 0.261 e. The number of hydrogen-bond acceptors (Lipinski definition) is 3. The summed E-state index contributed by atoms with van der Waals surface area (Å²) < 4.78 is 33.2. The number of hydrogen-bond donors (Lipinski definition) is 1. The summed E-state index contributed by atoms with van der Waals surface area (Å²) in [6, 6.07) is 7.66. The van der Waals surface area contributed by atoms with Gasteiger partial charge in [0.2, 0.25) is 0 Å². The quantitative estimate of drug-likeness (QED) is 0.711. The summed E-state index contributed by atoms with van der Waals surface area (Å²) in [4.78, 5) is 0. The van der Waals surface area contributed by atoms with E-state index in [4.69, 9.17) is 9.47 Å². The third kappa shape index (κ3) is 6.19. The highest BCUT2D eigenvalue weighted by Gasteiger charge is 2.00. The standard InChI is InChI=1S/C12H17F2NO2/c1-16-11-4-2-10(3-5-11)8-15-6-7-17-9-12(13)14/h2-5,12,15H,6-9H2,1H3. The van der Waals surface area contributed by atoms with Crippen LogP contribution < -0.4 is 10.1 Å². The van der Waals surface area contributed by atoms with Crippen LogP contribution in [0.3, 0.4) is 0 Å². The molecule has 0 atom stereocenters. The molecule has 3 nitrogen and oxygen atoms in total. The van der Waals surface area contributed by atoms with Gasteiger partial charge in [-0.3, -0.25) is 0 Å². The van der Waals surface area contributed by atoms with E-state index in [1.807, 2.05) is 24.3 Å². The van der Waals surface area contributed by atoms with Crippen molar-refractivity contribution in [3.8, 4) is 5.75 Å². The topological polar surface area (TPSA) is 30.5 Å². The zero-order valence-electron chi connectivity index (χ0n) is 9.79. The van der Waals surface area contributed by atoms with Gasteiger partial charge in [-0.1, -0.05) is 12.1 Å². The number of halogens is 2. The monoisotopic (exact) mass is 245 g/mol. The molecule has 0 bridgehead atoms. The summed E-state index contributed by atoms with van der Waals surface area (Å²) in [7, 11) is 1.62. The maximum Gasteiger partial charge on any atom is 0.261 e. The first-order valence-electron chi connectivity index (χ1n) is 5.42. The Balaban J connectivity index is 2.09. The van der Waals surface area contributed by atoms with Crippen LogP contribution in [0.2, 0.25) is 0 Å². The Morgan fingerprint density at radius 2 is 1.94 bits per heavy atom. The molecule has 1 N–H and O–H groups in total. The van der Waals surface area contributed by atoms with Crippen molar-refractivity contribution in [2.75, 3.05) is 26.9 Å². The molecule has 1 aromatic carbocycles. The summed E-state index contributed by atoms with van der Waals surface area (Å²) in [5, 5.41) is 3.10. The van der Waals surface area contributed by atoms with E-state index in [0.29, 0.717) is 19.7 Å². The van der Waals surface area contributed by atoms with Crippen LogP contribution in [0.4, 0.5) is 8.78 Å². The lowest BCUT2D eigenvalue weighted by molar-refractivity contribution is 0.0187. The Bertz CT molecular complexity index is 304. The molecule has 1 rings (SSSR count). The average Bonchev–Trinajstić information content (AvgIpc) is 2.34. The van der Waals surface area contributed by atoms with Crippen molar-refractivity contribution in [2.45, 2.75) is 13.0 Å². The molecule has 0 spiro atoms. The normalized spacial score (nSPS) is 10.8. The first-order chi connectivity index (χ1) is 8.22. The molecule has 0 amide bonds. The number of methoxy groups -OCH3 is 1. The predicted octanol–water partition coefficient (Wildman–Crippen LogP) is 2.07. The summed E-state index contributed by atoms with van der Waals surface area (Å²) in [5.74, 6) is 0.814. The lowest BCUT2D eigenvalue weighted by Crippen LogP contribution is -2.20. The number of benzene rings is 1. The largest absolute Gasteiger partial charge is 0.497 e. The minimum absolute atomic E-state index is 0.292. The number of nitrogens with one attached hydrogen (secondary N) is 1. The van der Waals surface area contributed by atoms with E-state index in [0.717, 1.165) is 11.3 Å². The van der Waals surface area contributed by atoms with E-state index < -0.39 is 13.0 Å². The zero-order chi connectivity index (χ0) is 12.5. The Hall–Kier alpha value is -1.20. The second kappa shape index (κ2) is 7.97. The highest BCUT2D eigenvalue weighted by atomic mass is 19.3. The Morgan fingerprint density at radius 1 is 1.24 bits per heavy atom. The summed E-state index contributed by atoms with van der Waals surface area (Å²) >= 11 is 0. The Labute approximate surface area is 99.7 Å². The summed E-state index contributed by atoms with van der Waals surface area (Å²) in [6.45, 7) is 1.03. The number of ether oxygens (including phenoxy) is 2. The summed E-state index contributed by atoms with van der Waals surface area (Å²) in [5.41, 5.74) is 1.11. The third-order valence-electron chi connectivity index (χ3n) is 2.16. The van der Waals surface area contributed by atoms with Crippen LogP contribution in [0.25, 0.3) is 0 Å². The van der Waals surface area contributed by atoms with Gasteiger partial charge < -0.3 is 14.8 Å². The maximum atomic E-state index is 11.7. The van der Waals surface area contributed by atoms with E-state index in [2.05, 4.69) is 5.32 Å². The van der Waals surface area contributed by atoms with Crippen LogP contribution in [0.1, 0.15) is 5.56 Å². The fraction of sp³-hybridized carbons (Fsp3) is 0.500. The molecular weight excluding hydrogens is 228 g/mol. The van der Waals surface area contributed by atoms with Crippen molar-refractivity contribution in [2.24, 2.45) is 0 Å². The predicted molar refractivity (Wildman–Crippen MR) is 61.5 cm³/mol. The van der Waals surface area contributed by atoms with Gasteiger partial charge in [-0.15, -0.1) is 0 Å². The van der Waals surface area contributed by atoms with Crippen LogP contribution >= 0.6 is 0 Å². The molecule has 0 aliphatic heterocycles. The minimum Gasteiger partial charge on any atom is -0.497 e. The van der Waals surface area contributed by atoms with Crippen LogP contribution in [-0.2, 0) is 11.3 Å². The molecule has 0 heterocycles. The van der Waals surface area contributed by atoms with Crippen molar-refractivity contribution < 1.29 is 18.3 Å². The second-order valence-electron chi connectivity index (χ2n) is 3.49. The van der Waals surface area contributed by atoms with E-state index >= 15 is 0 Å². The molecule has 0 aromatic heterocycles. The van der Waals surface area contributed by atoms with Gasteiger partial charge in [0.15, 0.2) is 0 Å². The van der Waals surface area contributed by atoms with E-state index in [9.17, 15) is 8.78 Å². The van der Waals surface area contributed by atoms with Gasteiger partial charge >= 0.3 is 0 Å². The molecule has 0 radical (unpaired) electrons. The van der Waals surface area contributed by atoms with Crippen molar-refractivity contribution in [3.05, 3.63) is 29.8 Å². The lowest BCUT2D eigenvalue weighted by atomic mass is 10.2. The van der Waals surface area contributed by atoms with Crippen molar-refractivity contribution in [3.63, 3.8) is 0 Å².